The van der Waals surface area contributed by atoms with Crippen molar-refractivity contribution >= 4 is 11.6 Å². The molecule has 0 fully saturated rings. The lowest BCUT2D eigenvalue weighted by Crippen LogP contribution is -2.16. The smallest absolute Gasteiger partial charge is 0.141 e. The van der Waals surface area contributed by atoms with Gasteiger partial charge in [-0.1, -0.05) is 18.2 Å². The van der Waals surface area contributed by atoms with Crippen LogP contribution in [-0.2, 0) is 13.2 Å². The Morgan fingerprint density at radius 1 is 1.62 bits per heavy atom. The summed E-state index contributed by atoms with van der Waals surface area (Å²) in [6, 6.07) is 0. The highest BCUT2D eigenvalue weighted by molar-refractivity contribution is 6.29. The van der Waals surface area contributed by atoms with E-state index < -0.39 is 0 Å². The lowest BCUT2D eigenvalue weighted by atomic mass is 10.1. The first-order valence-corrected chi connectivity index (χ1v) is 5.25. The first-order valence-electron chi connectivity index (χ1n) is 4.87. The molecule has 88 valence electrons. The predicted molar refractivity (Wildman–Crippen MR) is 63.3 cm³/mol. The first kappa shape index (κ1) is 13.0. The van der Waals surface area contributed by atoms with Crippen molar-refractivity contribution in [1.29, 1.82) is 0 Å². The van der Waals surface area contributed by atoms with Crippen LogP contribution in [0.5, 0.6) is 5.75 Å². The Bertz CT molecular complexity index is 394. The number of hydrogen-bond acceptors (Lipinski definition) is 4. The molecule has 4 nitrogen and oxygen atoms in total. The van der Waals surface area contributed by atoms with Crippen LogP contribution in [-0.4, -0.2) is 21.7 Å². The van der Waals surface area contributed by atoms with Gasteiger partial charge in [0.05, 0.1) is 12.3 Å². The van der Waals surface area contributed by atoms with E-state index in [1.165, 1.54) is 0 Å². The molecule has 0 radical (unpaired) electrons. The number of nitrogens with one attached hydrogen (secondary N) is 1. The van der Waals surface area contributed by atoms with Crippen LogP contribution in [0.25, 0.3) is 0 Å². The molecule has 0 unspecified atom stereocenters. The monoisotopic (exact) mass is 242 g/mol. The minimum atomic E-state index is -0.153. The van der Waals surface area contributed by atoms with Crippen LogP contribution < -0.4 is 5.32 Å². The molecule has 0 aromatic carbocycles. The highest BCUT2D eigenvalue weighted by atomic mass is 35.5. The Morgan fingerprint density at radius 2 is 2.31 bits per heavy atom. The molecule has 0 aliphatic heterocycles. The van der Waals surface area contributed by atoms with Crippen molar-refractivity contribution in [3.05, 3.63) is 34.6 Å². The molecule has 0 saturated heterocycles. The van der Waals surface area contributed by atoms with E-state index in [1.807, 2.05) is 0 Å². The highest BCUT2D eigenvalue weighted by Crippen LogP contribution is 2.23. The maximum Gasteiger partial charge on any atom is 0.141 e. The Morgan fingerprint density at radius 3 is 2.88 bits per heavy atom. The number of aromatic hydroxyl groups is 1. The maximum absolute atomic E-state index is 9.81. The van der Waals surface area contributed by atoms with Crippen molar-refractivity contribution in [2.24, 2.45) is 0 Å². The van der Waals surface area contributed by atoms with Crippen molar-refractivity contribution in [2.45, 2.75) is 20.1 Å². The number of pyridine rings is 1. The number of rotatable bonds is 5. The second-order valence-electron chi connectivity index (χ2n) is 3.47. The van der Waals surface area contributed by atoms with Crippen molar-refractivity contribution in [3.8, 4) is 5.75 Å². The fourth-order valence-corrected chi connectivity index (χ4v) is 1.44. The number of aliphatic hydroxyl groups excluding tert-OH is 1. The summed E-state index contributed by atoms with van der Waals surface area (Å²) < 4.78 is 0. The summed E-state index contributed by atoms with van der Waals surface area (Å²) in [5, 5.41) is 22.4. The summed E-state index contributed by atoms with van der Waals surface area (Å²) >= 11 is 5.61. The molecular formula is C11H15ClN2O2. The molecule has 0 aliphatic rings. The van der Waals surface area contributed by atoms with Gasteiger partial charge in [0, 0.05) is 35.4 Å². The standard InChI is InChI=1S/C11H15ClN2O2/c1-7(12)3-13-5-10-9(6-15)4-14-8(2)11(10)16/h4,13,15-16H,1,3,5-6H2,2H3. The predicted octanol–water partition coefficient (Wildman–Crippen LogP) is 1.43. The van der Waals surface area contributed by atoms with Crippen molar-refractivity contribution in [3.63, 3.8) is 0 Å². The zero-order chi connectivity index (χ0) is 12.1. The molecule has 3 N–H and O–H groups in total. The zero-order valence-corrected chi connectivity index (χ0v) is 9.88. The third-order valence-electron chi connectivity index (χ3n) is 2.22. The molecule has 0 spiro atoms. The number of halogens is 1. The molecule has 1 heterocycles. The van der Waals surface area contributed by atoms with E-state index in [0.29, 0.717) is 34.9 Å². The number of aromatic nitrogens is 1. The van der Waals surface area contributed by atoms with Crippen LogP contribution in [0, 0.1) is 6.92 Å². The van der Waals surface area contributed by atoms with Crippen molar-refractivity contribution in [2.75, 3.05) is 6.54 Å². The summed E-state index contributed by atoms with van der Waals surface area (Å²) in [5.74, 6) is 0.110. The van der Waals surface area contributed by atoms with Crippen LogP contribution in [0.4, 0.5) is 0 Å². The summed E-state index contributed by atoms with van der Waals surface area (Å²) in [4.78, 5) is 3.97. The zero-order valence-electron chi connectivity index (χ0n) is 9.13. The van der Waals surface area contributed by atoms with Gasteiger partial charge in [-0.25, -0.2) is 0 Å². The van der Waals surface area contributed by atoms with Gasteiger partial charge in [0.2, 0.25) is 0 Å². The third-order valence-corrected chi connectivity index (χ3v) is 2.35. The van der Waals surface area contributed by atoms with Crippen LogP contribution in [0.3, 0.4) is 0 Å². The van der Waals surface area contributed by atoms with E-state index in [-0.39, 0.29) is 12.4 Å². The first-order chi connectivity index (χ1) is 7.56. The largest absolute Gasteiger partial charge is 0.506 e. The SMILES string of the molecule is C=C(Cl)CNCc1c(CO)cnc(C)c1O. The number of hydrogen-bond donors (Lipinski definition) is 3. The Hall–Kier alpha value is -1.10. The highest BCUT2D eigenvalue weighted by Gasteiger charge is 2.10. The normalized spacial score (nSPS) is 10.4. The molecule has 16 heavy (non-hydrogen) atoms. The maximum atomic E-state index is 9.81. The summed E-state index contributed by atoms with van der Waals surface area (Å²) in [6.45, 7) is 5.97. The number of nitrogens with zero attached hydrogens (tertiary/aromatic N) is 1. The van der Waals surface area contributed by atoms with Gasteiger partial charge in [0.15, 0.2) is 0 Å². The van der Waals surface area contributed by atoms with Crippen LogP contribution >= 0.6 is 11.6 Å². The van der Waals surface area contributed by atoms with Crippen molar-refractivity contribution in [1.82, 2.24) is 10.3 Å². The topological polar surface area (TPSA) is 65.4 Å². The Labute approximate surface area is 99.6 Å². The van der Waals surface area contributed by atoms with E-state index in [9.17, 15) is 5.11 Å². The van der Waals surface area contributed by atoms with Gasteiger partial charge in [-0.2, -0.15) is 0 Å². The molecule has 5 heteroatoms. The molecule has 1 aromatic rings. The average molecular weight is 243 g/mol. The second kappa shape index (κ2) is 5.84. The van der Waals surface area contributed by atoms with Crippen LogP contribution in [0.15, 0.2) is 17.8 Å². The molecule has 1 aromatic heterocycles. The molecule has 0 saturated carbocycles. The fourth-order valence-electron chi connectivity index (χ4n) is 1.34. The lowest BCUT2D eigenvalue weighted by Gasteiger charge is -2.11. The second-order valence-corrected chi connectivity index (χ2v) is 4.01. The number of aliphatic hydroxyl groups is 1. The van der Waals surface area contributed by atoms with E-state index in [0.717, 1.165) is 0 Å². The van der Waals surface area contributed by atoms with Gasteiger partial charge >= 0.3 is 0 Å². The molecule has 0 bridgehead atoms. The van der Waals surface area contributed by atoms with Gasteiger partial charge < -0.3 is 15.5 Å². The summed E-state index contributed by atoms with van der Waals surface area (Å²) in [6.07, 6.45) is 1.56. The van der Waals surface area contributed by atoms with Crippen LogP contribution in [0.1, 0.15) is 16.8 Å². The van der Waals surface area contributed by atoms with Gasteiger partial charge in [0.25, 0.3) is 0 Å². The number of aryl methyl sites for hydroxylation is 1. The minimum absolute atomic E-state index is 0.110. The van der Waals surface area contributed by atoms with Gasteiger partial charge in [-0.15, -0.1) is 0 Å². The summed E-state index contributed by atoms with van der Waals surface area (Å²) in [7, 11) is 0. The van der Waals surface area contributed by atoms with E-state index in [1.54, 1.807) is 13.1 Å². The minimum Gasteiger partial charge on any atom is -0.506 e. The molecule has 0 atom stereocenters. The molecule has 0 amide bonds. The van der Waals surface area contributed by atoms with E-state index in [4.69, 9.17) is 16.7 Å². The third kappa shape index (κ3) is 3.20. The lowest BCUT2D eigenvalue weighted by molar-refractivity contribution is 0.278. The van der Waals surface area contributed by atoms with E-state index in [2.05, 4.69) is 16.9 Å². The fraction of sp³-hybridized carbons (Fsp3) is 0.364. The quantitative estimate of drug-likeness (QED) is 0.731. The molecule has 0 aliphatic carbocycles. The Balaban J connectivity index is 2.83. The average Bonchev–Trinajstić information content (AvgIpc) is 2.24. The summed E-state index contributed by atoms with van der Waals surface area (Å²) in [5.41, 5.74) is 1.79. The molecule has 1 rings (SSSR count). The van der Waals surface area contributed by atoms with Crippen LogP contribution in [0.2, 0.25) is 0 Å². The van der Waals surface area contributed by atoms with Gasteiger partial charge in [0.1, 0.15) is 5.75 Å². The van der Waals surface area contributed by atoms with Gasteiger partial charge in [-0.05, 0) is 6.92 Å². The van der Waals surface area contributed by atoms with Gasteiger partial charge in [-0.3, -0.25) is 4.98 Å². The molecular weight excluding hydrogens is 228 g/mol. The van der Waals surface area contributed by atoms with E-state index >= 15 is 0 Å². The Kier molecular flexibility index (Phi) is 4.73. The van der Waals surface area contributed by atoms with Crippen molar-refractivity contribution < 1.29 is 10.2 Å².